The molecule has 5 rings (SSSR count). The molecule has 4 saturated heterocycles. The number of nitrogens with zero attached hydrogens (tertiary/aromatic N) is 3. The van der Waals surface area contributed by atoms with Gasteiger partial charge >= 0.3 is 24.1 Å². The number of esters is 3. The van der Waals surface area contributed by atoms with Crippen LogP contribution in [0.25, 0.3) is 0 Å². The van der Waals surface area contributed by atoms with E-state index in [0.29, 0.717) is 17.7 Å². The normalized spacial score (nSPS) is 25.1. The van der Waals surface area contributed by atoms with Crippen LogP contribution in [0.15, 0.2) is 29.3 Å². The highest BCUT2D eigenvalue weighted by atomic mass is 32.2. The van der Waals surface area contributed by atoms with E-state index < -0.39 is 81.7 Å². The van der Waals surface area contributed by atoms with Gasteiger partial charge in [-0.3, -0.25) is 24.2 Å². The molecule has 6 atom stereocenters. The summed E-state index contributed by atoms with van der Waals surface area (Å²) in [6.07, 6.45) is 3.09. The van der Waals surface area contributed by atoms with E-state index >= 15 is 0 Å². The summed E-state index contributed by atoms with van der Waals surface area (Å²) in [7, 11) is 1.24. The number of carbonyl (C=O) groups excluding carboxylic acids is 7. The SMILES string of the molecule is CCCCCCOC(=O)Oc1ccc(C(N=C(C)CC(=O)OC)C(=O)N[C@@H]2C(=O)N3[C@@H]2SC(C)(C)[C@@H]3C(=O)OCOC(=O)[C@@H]2N3C(=O)C[C@H]3SC2(C)C)cc1. The van der Waals surface area contributed by atoms with Crippen molar-refractivity contribution in [2.75, 3.05) is 20.5 Å². The standard InChI is InChI=1S/C37H48N4O12S2/c1-8-9-10-11-16-50-35(48)53-22-14-12-21(13-15-22)26(38-20(2)17-25(43)49-7)30(44)39-27-31(45)41-29(37(5,6)55-32(27)41)34(47)52-19-51-33(46)28-36(3,4)54-24-18-23(42)40(24)28/h12-15,24,26-29,32H,8-11,16-19H2,1-7H3,(H,39,44)/t24-,26?,27-,28+,29+,32-/m1/s1. The van der Waals surface area contributed by atoms with Crippen molar-refractivity contribution >= 4 is 71.0 Å². The minimum atomic E-state index is -1.20. The highest BCUT2D eigenvalue weighted by Gasteiger charge is 2.65. The van der Waals surface area contributed by atoms with Gasteiger partial charge in [-0.1, -0.05) is 38.3 Å². The Morgan fingerprint density at radius 2 is 1.55 bits per heavy atom. The van der Waals surface area contributed by atoms with Crippen molar-refractivity contribution in [3.63, 3.8) is 0 Å². The average Bonchev–Trinajstić information content (AvgIpc) is 3.51. The zero-order chi connectivity index (χ0) is 40.2. The van der Waals surface area contributed by atoms with E-state index in [2.05, 4.69) is 17.2 Å². The fourth-order valence-corrected chi connectivity index (χ4v) is 10.2. The number of hydrogen-bond acceptors (Lipinski definition) is 15. The molecular weight excluding hydrogens is 757 g/mol. The first-order valence-corrected chi connectivity index (χ1v) is 19.9. The lowest BCUT2D eigenvalue weighted by Gasteiger charge is -2.44. The maximum Gasteiger partial charge on any atom is 0.513 e. The molecule has 0 spiro atoms. The fourth-order valence-electron chi connectivity index (χ4n) is 6.98. The van der Waals surface area contributed by atoms with Gasteiger partial charge in [-0.15, -0.1) is 23.5 Å². The Labute approximate surface area is 328 Å². The lowest BCUT2D eigenvalue weighted by atomic mass is 9.95. The topological polar surface area (TPSA) is 197 Å². The number of benzene rings is 1. The van der Waals surface area contributed by atoms with Gasteiger partial charge in [-0.05, 0) is 58.7 Å². The summed E-state index contributed by atoms with van der Waals surface area (Å²) in [6, 6.07) is 1.96. The maximum atomic E-state index is 13.8. The van der Waals surface area contributed by atoms with E-state index in [1.54, 1.807) is 20.8 Å². The molecule has 1 unspecified atom stereocenters. The number of rotatable bonds is 16. The van der Waals surface area contributed by atoms with Crippen LogP contribution in [-0.2, 0) is 47.7 Å². The Bertz CT molecular complexity index is 1720. The van der Waals surface area contributed by atoms with E-state index in [4.69, 9.17) is 23.7 Å². The minimum absolute atomic E-state index is 0.0881. The summed E-state index contributed by atoms with van der Waals surface area (Å²) >= 11 is 2.82. The smallest absolute Gasteiger partial charge is 0.469 e. The molecule has 0 aliphatic carbocycles. The summed E-state index contributed by atoms with van der Waals surface area (Å²) in [5.74, 6) is -3.14. The highest BCUT2D eigenvalue weighted by molar-refractivity contribution is 8.02. The molecule has 0 bridgehead atoms. The summed E-state index contributed by atoms with van der Waals surface area (Å²) in [5.41, 5.74) is 0.682. The molecule has 16 nitrogen and oxygen atoms in total. The Morgan fingerprint density at radius 3 is 2.16 bits per heavy atom. The van der Waals surface area contributed by atoms with Gasteiger partial charge < -0.3 is 38.8 Å². The number of unbranched alkanes of at least 4 members (excludes halogenated alkanes) is 3. The number of amides is 3. The molecule has 0 radical (unpaired) electrons. The van der Waals surface area contributed by atoms with E-state index in [1.807, 2.05) is 13.8 Å². The van der Waals surface area contributed by atoms with Gasteiger partial charge in [0.05, 0.1) is 31.9 Å². The Balaban J connectivity index is 1.21. The summed E-state index contributed by atoms with van der Waals surface area (Å²) in [6.45, 7) is 10.4. The molecule has 1 N–H and O–H groups in total. The third-order valence-corrected chi connectivity index (χ3v) is 12.8. The second kappa shape index (κ2) is 17.2. The molecule has 4 aliphatic heterocycles. The fraction of sp³-hybridized carbons (Fsp3) is 0.622. The minimum Gasteiger partial charge on any atom is -0.469 e. The molecule has 18 heteroatoms. The van der Waals surface area contributed by atoms with Crippen LogP contribution in [0.5, 0.6) is 5.75 Å². The molecule has 4 heterocycles. The monoisotopic (exact) mass is 804 g/mol. The molecule has 0 aromatic heterocycles. The van der Waals surface area contributed by atoms with Crippen LogP contribution >= 0.6 is 23.5 Å². The Morgan fingerprint density at radius 1 is 0.909 bits per heavy atom. The zero-order valence-electron chi connectivity index (χ0n) is 32.0. The Hall–Kier alpha value is -4.32. The van der Waals surface area contributed by atoms with Crippen molar-refractivity contribution in [1.82, 2.24) is 15.1 Å². The molecule has 4 aliphatic rings. The molecule has 55 heavy (non-hydrogen) atoms. The van der Waals surface area contributed by atoms with Crippen LogP contribution in [-0.4, -0.2) is 116 Å². The second-order valence-electron chi connectivity index (χ2n) is 14.7. The first kappa shape index (κ1) is 41.8. The van der Waals surface area contributed by atoms with E-state index in [1.165, 1.54) is 64.7 Å². The maximum absolute atomic E-state index is 13.8. The van der Waals surface area contributed by atoms with E-state index in [9.17, 15) is 33.6 Å². The van der Waals surface area contributed by atoms with Crippen molar-refractivity contribution in [2.45, 2.75) is 124 Å². The van der Waals surface area contributed by atoms with Gasteiger partial charge in [0.2, 0.25) is 24.5 Å². The quantitative estimate of drug-likeness (QED) is 0.0481. The highest BCUT2D eigenvalue weighted by Crippen LogP contribution is 2.52. The second-order valence-corrected chi connectivity index (χ2v) is 18.3. The molecule has 4 fully saturated rings. The summed E-state index contributed by atoms with van der Waals surface area (Å²) < 4.78 is 24.4. The van der Waals surface area contributed by atoms with Crippen molar-refractivity contribution < 1.29 is 57.2 Å². The number of fused-ring (bicyclic) bond motifs is 2. The molecule has 3 amide bonds. The third-order valence-electron chi connectivity index (χ3n) is 9.75. The lowest BCUT2D eigenvalue weighted by Crippen LogP contribution is -2.71. The first-order chi connectivity index (χ1) is 26.0. The van der Waals surface area contributed by atoms with E-state index in [-0.39, 0.29) is 30.1 Å². The van der Waals surface area contributed by atoms with Gasteiger partial charge in [-0.25, -0.2) is 14.4 Å². The number of ether oxygens (including phenoxy) is 5. The number of methoxy groups -OCH3 is 1. The van der Waals surface area contributed by atoms with Gasteiger partial charge in [-0.2, -0.15) is 0 Å². The lowest BCUT2D eigenvalue weighted by molar-refractivity contribution is -0.181. The van der Waals surface area contributed by atoms with Crippen LogP contribution in [0, 0.1) is 0 Å². The van der Waals surface area contributed by atoms with Crippen LogP contribution in [0.2, 0.25) is 0 Å². The van der Waals surface area contributed by atoms with Gasteiger partial charge in [0.15, 0.2) is 6.04 Å². The number of carbonyl (C=O) groups is 7. The van der Waals surface area contributed by atoms with Crippen molar-refractivity contribution in [3.05, 3.63) is 29.8 Å². The number of thioether (sulfide) groups is 2. The number of β-lactam (4-membered cyclic amide) rings is 2. The van der Waals surface area contributed by atoms with Gasteiger partial charge in [0.25, 0.3) is 0 Å². The van der Waals surface area contributed by atoms with Crippen molar-refractivity contribution in [2.24, 2.45) is 4.99 Å². The number of nitrogens with one attached hydrogen (secondary N) is 1. The number of hydrogen-bond donors (Lipinski definition) is 1. The number of aliphatic imine (C=N–C) groups is 1. The molecule has 1 aromatic carbocycles. The zero-order valence-corrected chi connectivity index (χ0v) is 33.6. The predicted molar refractivity (Wildman–Crippen MR) is 201 cm³/mol. The van der Waals surface area contributed by atoms with Crippen LogP contribution in [0.3, 0.4) is 0 Å². The largest absolute Gasteiger partial charge is 0.513 e. The van der Waals surface area contributed by atoms with Crippen LogP contribution in [0.4, 0.5) is 4.79 Å². The van der Waals surface area contributed by atoms with Crippen molar-refractivity contribution in [3.8, 4) is 5.75 Å². The molecule has 0 saturated carbocycles. The first-order valence-electron chi connectivity index (χ1n) is 18.2. The third kappa shape index (κ3) is 9.22. The average molecular weight is 805 g/mol. The Kier molecular flexibility index (Phi) is 13.1. The van der Waals surface area contributed by atoms with Crippen LogP contribution in [0.1, 0.15) is 91.7 Å². The van der Waals surface area contributed by atoms with Crippen LogP contribution < -0.4 is 10.1 Å². The molecule has 1 aromatic rings. The molecule has 300 valence electrons. The predicted octanol–water partition coefficient (Wildman–Crippen LogP) is 3.89. The van der Waals surface area contributed by atoms with Gasteiger partial charge in [0, 0.05) is 15.2 Å². The van der Waals surface area contributed by atoms with Gasteiger partial charge in [0.1, 0.15) is 29.2 Å². The van der Waals surface area contributed by atoms with Crippen molar-refractivity contribution in [1.29, 1.82) is 0 Å². The summed E-state index contributed by atoms with van der Waals surface area (Å²) in [4.78, 5) is 97.4. The summed E-state index contributed by atoms with van der Waals surface area (Å²) in [5, 5.41) is 2.06. The molecular formula is C37H48N4O12S2. The van der Waals surface area contributed by atoms with E-state index in [0.717, 1.165) is 25.7 Å².